The maximum atomic E-state index is 12.8. The van der Waals surface area contributed by atoms with E-state index in [4.69, 9.17) is 14.2 Å². The van der Waals surface area contributed by atoms with Gasteiger partial charge in [-0.1, -0.05) is 256 Å². The molecular weight excluding hydrogens is 853 g/mol. The zero-order valence-electron chi connectivity index (χ0n) is 44.0. The highest BCUT2D eigenvalue weighted by Gasteiger charge is 2.19. The van der Waals surface area contributed by atoms with Crippen molar-refractivity contribution in [3.63, 3.8) is 0 Å². The van der Waals surface area contributed by atoms with Crippen LogP contribution in [0.15, 0.2) is 146 Å². The molecule has 0 fully saturated rings. The summed E-state index contributed by atoms with van der Waals surface area (Å²) in [6, 6.07) is 0. The van der Waals surface area contributed by atoms with Gasteiger partial charge in [-0.15, -0.1) is 0 Å². The molecule has 1 atom stereocenters. The summed E-state index contributed by atoms with van der Waals surface area (Å²) in [5.74, 6) is -0.991. The van der Waals surface area contributed by atoms with Gasteiger partial charge in [0.15, 0.2) is 6.10 Å². The smallest absolute Gasteiger partial charge is 0.306 e. The molecule has 0 aliphatic carbocycles. The second-order valence-corrected chi connectivity index (χ2v) is 17.6. The highest BCUT2D eigenvalue weighted by Crippen LogP contribution is 2.14. The van der Waals surface area contributed by atoms with Gasteiger partial charge in [0.2, 0.25) is 0 Å². The standard InChI is InChI=1S/C63H98O6/c1-4-7-10-13-16-19-22-25-28-30-31-33-35-38-41-44-47-50-53-56-62(65)68-59-60(58-67-61(64)55-52-49-46-43-40-37-34-27-24-21-18-15-12-9-6-3)69-63(66)57-54-51-48-45-42-39-36-32-29-26-23-20-17-14-11-8-5-2/h8-9,11-12,14-27,29,32,34,36,39,42,60H,4-7,10,13,28,30-31,33,35,37-38,40-41,43-59H2,1-3H3/b11-8-,12-9-,17-14-,18-15-,19-16-,23-20-,24-21-,25-22-,29-26-,34-27-,36-32+,42-39-. The number of carbonyl (C=O) groups excluding carboxylic acids is 3. The maximum absolute atomic E-state index is 12.8. The molecule has 0 rings (SSSR count). The van der Waals surface area contributed by atoms with Gasteiger partial charge < -0.3 is 14.2 Å². The SMILES string of the molecule is CC\C=C/C=C\C=C/C=C\C=C\C=C/CCCCCC(=O)OC(COC(=O)CCCCCCC\C=C/C=C\C=C/C=C\CC)COC(=O)CCCCCCCCCCCC/C=C\C=C/CCCCC. The Morgan fingerprint density at radius 2 is 0.565 bits per heavy atom. The Hall–Kier alpha value is -4.71. The minimum atomic E-state index is -0.820. The first-order valence-corrected chi connectivity index (χ1v) is 27.5. The van der Waals surface area contributed by atoms with Gasteiger partial charge in [0.1, 0.15) is 13.2 Å². The molecule has 0 radical (unpaired) electrons. The molecule has 6 nitrogen and oxygen atoms in total. The lowest BCUT2D eigenvalue weighted by Crippen LogP contribution is -2.30. The number of allylic oxidation sites excluding steroid dienone is 24. The van der Waals surface area contributed by atoms with Crippen LogP contribution in [0.1, 0.15) is 213 Å². The van der Waals surface area contributed by atoms with Gasteiger partial charge in [0.05, 0.1) is 0 Å². The lowest BCUT2D eigenvalue weighted by Gasteiger charge is -2.18. The van der Waals surface area contributed by atoms with E-state index in [0.29, 0.717) is 19.3 Å². The number of unbranched alkanes of at least 4 members (excludes halogenated alkanes) is 21. The molecule has 0 saturated heterocycles. The average molecular weight is 951 g/mol. The van der Waals surface area contributed by atoms with Crippen LogP contribution in [0.5, 0.6) is 0 Å². The second kappa shape index (κ2) is 55.9. The van der Waals surface area contributed by atoms with E-state index in [1.54, 1.807) is 0 Å². The summed E-state index contributed by atoms with van der Waals surface area (Å²) in [6.07, 6.45) is 79.7. The van der Waals surface area contributed by atoms with Gasteiger partial charge in [-0.25, -0.2) is 0 Å². The topological polar surface area (TPSA) is 78.9 Å². The fourth-order valence-electron chi connectivity index (χ4n) is 7.00. The van der Waals surface area contributed by atoms with Crippen LogP contribution in [0.25, 0.3) is 0 Å². The van der Waals surface area contributed by atoms with Crippen LogP contribution < -0.4 is 0 Å². The zero-order chi connectivity index (χ0) is 50.0. The van der Waals surface area contributed by atoms with Crippen molar-refractivity contribution < 1.29 is 28.6 Å². The third-order valence-electron chi connectivity index (χ3n) is 11.1. The maximum Gasteiger partial charge on any atom is 0.306 e. The minimum Gasteiger partial charge on any atom is -0.462 e. The first-order valence-electron chi connectivity index (χ1n) is 27.5. The first kappa shape index (κ1) is 64.3. The van der Waals surface area contributed by atoms with Crippen molar-refractivity contribution in [3.8, 4) is 0 Å². The summed E-state index contributed by atoms with van der Waals surface area (Å²) >= 11 is 0. The number of carbonyl (C=O) groups is 3. The Kier molecular flexibility index (Phi) is 52.1. The van der Waals surface area contributed by atoms with Crippen LogP contribution in [0.2, 0.25) is 0 Å². The van der Waals surface area contributed by atoms with Gasteiger partial charge in [-0.05, 0) is 83.5 Å². The number of hydrogen-bond donors (Lipinski definition) is 0. The summed E-state index contributed by atoms with van der Waals surface area (Å²) in [7, 11) is 0. The molecule has 69 heavy (non-hydrogen) atoms. The highest BCUT2D eigenvalue weighted by atomic mass is 16.6. The van der Waals surface area contributed by atoms with Gasteiger partial charge in [0.25, 0.3) is 0 Å². The van der Waals surface area contributed by atoms with Crippen molar-refractivity contribution in [2.45, 2.75) is 219 Å². The van der Waals surface area contributed by atoms with Gasteiger partial charge in [0, 0.05) is 19.3 Å². The van der Waals surface area contributed by atoms with E-state index in [0.717, 1.165) is 89.9 Å². The summed E-state index contributed by atoms with van der Waals surface area (Å²) in [4.78, 5) is 38.1. The molecule has 0 bridgehead atoms. The van der Waals surface area contributed by atoms with E-state index in [2.05, 4.69) is 81.5 Å². The predicted molar refractivity (Wildman–Crippen MR) is 297 cm³/mol. The quantitative estimate of drug-likeness (QED) is 0.0262. The normalized spacial score (nSPS) is 13.3. The monoisotopic (exact) mass is 951 g/mol. The lowest BCUT2D eigenvalue weighted by molar-refractivity contribution is -0.167. The van der Waals surface area contributed by atoms with E-state index in [1.807, 2.05) is 85.1 Å². The van der Waals surface area contributed by atoms with E-state index in [1.165, 1.54) is 77.0 Å². The fourth-order valence-corrected chi connectivity index (χ4v) is 7.00. The highest BCUT2D eigenvalue weighted by molar-refractivity contribution is 5.71. The Bertz CT molecular complexity index is 1560. The van der Waals surface area contributed by atoms with Crippen molar-refractivity contribution in [3.05, 3.63) is 146 Å². The van der Waals surface area contributed by atoms with Crippen molar-refractivity contribution >= 4 is 17.9 Å². The molecule has 0 heterocycles. The lowest BCUT2D eigenvalue weighted by atomic mass is 10.1. The Labute approximate surface area is 423 Å². The minimum absolute atomic E-state index is 0.112. The summed E-state index contributed by atoms with van der Waals surface area (Å²) < 4.78 is 16.8. The summed E-state index contributed by atoms with van der Waals surface area (Å²) in [5, 5.41) is 0. The van der Waals surface area contributed by atoms with Crippen LogP contribution in [-0.4, -0.2) is 37.2 Å². The van der Waals surface area contributed by atoms with Crippen LogP contribution in [0, 0.1) is 0 Å². The van der Waals surface area contributed by atoms with E-state index in [-0.39, 0.29) is 37.5 Å². The molecule has 0 aliphatic rings. The number of hydrogen-bond acceptors (Lipinski definition) is 6. The average Bonchev–Trinajstić information content (AvgIpc) is 3.35. The molecule has 6 heteroatoms. The van der Waals surface area contributed by atoms with E-state index in [9.17, 15) is 14.4 Å². The molecule has 386 valence electrons. The molecule has 0 aromatic heterocycles. The predicted octanol–water partition coefficient (Wildman–Crippen LogP) is 18.4. The van der Waals surface area contributed by atoms with Crippen molar-refractivity contribution in [1.29, 1.82) is 0 Å². The molecular formula is C63H98O6. The Morgan fingerprint density at radius 3 is 0.913 bits per heavy atom. The van der Waals surface area contributed by atoms with Crippen molar-refractivity contribution in [2.75, 3.05) is 13.2 Å². The van der Waals surface area contributed by atoms with Gasteiger partial charge in [-0.2, -0.15) is 0 Å². The van der Waals surface area contributed by atoms with Crippen molar-refractivity contribution in [1.82, 2.24) is 0 Å². The third kappa shape index (κ3) is 54.1. The molecule has 0 spiro atoms. The largest absolute Gasteiger partial charge is 0.462 e. The van der Waals surface area contributed by atoms with Crippen LogP contribution in [0.3, 0.4) is 0 Å². The summed E-state index contributed by atoms with van der Waals surface area (Å²) in [6.45, 7) is 6.25. The van der Waals surface area contributed by atoms with Crippen LogP contribution in [0.4, 0.5) is 0 Å². The molecule has 0 aliphatic heterocycles. The summed E-state index contributed by atoms with van der Waals surface area (Å²) in [5.41, 5.74) is 0. The number of rotatable bonds is 47. The molecule has 0 aromatic carbocycles. The number of esters is 3. The van der Waals surface area contributed by atoms with Crippen LogP contribution in [-0.2, 0) is 28.6 Å². The van der Waals surface area contributed by atoms with Crippen LogP contribution >= 0.6 is 0 Å². The van der Waals surface area contributed by atoms with E-state index >= 15 is 0 Å². The molecule has 0 saturated carbocycles. The van der Waals surface area contributed by atoms with E-state index < -0.39 is 6.10 Å². The third-order valence-corrected chi connectivity index (χ3v) is 11.1. The number of ether oxygens (including phenoxy) is 3. The molecule has 0 amide bonds. The fraction of sp³-hybridized carbons (Fsp3) is 0.571. The van der Waals surface area contributed by atoms with Gasteiger partial charge in [-0.3, -0.25) is 14.4 Å². The Morgan fingerprint density at radius 1 is 0.304 bits per heavy atom. The van der Waals surface area contributed by atoms with Crippen molar-refractivity contribution in [2.24, 2.45) is 0 Å². The van der Waals surface area contributed by atoms with Gasteiger partial charge >= 0.3 is 17.9 Å². The zero-order valence-corrected chi connectivity index (χ0v) is 44.0. The molecule has 1 unspecified atom stereocenters. The molecule has 0 N–H and O–H groups in total. The first-order chi connectivity index (χ1) is 34.0. The second-order valence-electron chi connectivity index (χ2n) is 17.6. The Balaban J connectivity index is 4.53. The molecule has 0 aromatic rings.